The van der Waals surface area contributed by atoms with Crippen LogP contribution in [-0.4, -0.2) is 21.2 Å². The molecule has 6 N–H and O–H groups in total. The number of H-pyrrole nitrogens is 1. The van der Waals surface area contributed by atoms with E-state index >= 15 is 0 Å². The molecule has 22 heavy (non-hydrogen) atoms. The van der Waals surface area contributed by atoms with Gasteiger partial charge < -0.3 is 15.9 Å². The van der Waals surface area contributed by atoms with E-state index in [-0.39, 0.29) is 17.5 Å². The lowest BCUT2D eigenvalue weighted by atomic mass is 10.1. The van der Waals surface area contributed by atoms with Crippen molar-refractivity contribution < 1.29 is 14.8 Å². The number of aromatic amines is 1. The number of phenols is 2. The lowest BCUT2D eigenvalue weighted by Crippen LogP contribution is -2.48. The van der Waals surface area contributed by atoms with Crippen LogP contribution in [0.2, 0.25) is 0 Å². The number of hydrogen-bond acceptors (Lipinski definition) is 5. The Bertz CT molecular complexity index is 915. The largest absolute Gasteiger partial charge is 0.504 e. The molecule has 4 rings (SSSR count). The molecule has 1 atom stereocenters. The Kier molecular flexibility index (Phi) is 2.50. The molecule has 2 aromatic carbocycles. The molecule has 2 heterocycles. The first-order valence-electron chi connectivity index (χ1n) is 6.78. The van der Waals surface area contributed by atoms with Crippen molar-refractivity contribution in [2.24, 2.45) is 10.7 Å². The number of rotatable bonds is 1. The van der Waals surface area contributed by atoms with Crippen LogP contribution in [0.1, 0.15) is 11.7 Å². The van der Waals surface area contributed by atoms with Gasteiger partial charge >= 0.3 is 5.95 Å². The van der Waals surface area contributed by atoms with Gasteiger partial charge in [-0.2, -0.15) is 4.99 Å². The number of phenolic OH excluding ortho intramolecular Hbond substituents is 2. The second-order valence-corrected chi connectivity index (χ2v) is 5.12. The summed E-state index contributed by atoms with van der Waals surface area (Å²) in [5, 5.41) is 22.2. The van der Waals surface area contributed by atoms with Gasteiger partial charge in [-0.15, -0.1) is 0 Å². The number of aromatic nitrogens is 2. The summed E-state index contributed by atoms with van der Waals surface area (Å²) in [5.74, 6) is 0.640. The smallest absolute Gasteiger partial charge is 0.365 e. The molecule has 1 aromatic heterocycles. The predicted molar refractivity (Wildman–Crippen MR) is 81.6 cm³/mol. The summed E-state index contributed by atoms with van der Waals surface area (Å²) in [5.41, 5.74) is 8.48. The molecule has 0 spiro atoms. The van der Waals surface area contributed by atoms with Gasteiger partial charge in [0.05, 0.1) is 0 Å². The van der Waals surface area contributed by atoms with Crippen molar-refractivity contribution in [3.05, 3.63) is 48.0 Å². The zero-order valence-electron chi connectivity index (χ0n) is 11.5. The molecule has 0 fully saturated rings. The van der Waals surface area contributed by atoms with E-state index in [0.29, 0.717) is 5.95 Å². The van der Waals surface area contributed by atoms with Gasteiger partial charge in [-0.1, -0.05) is 12.1 Å². The van der Waals surface area contributed by atoms with Crippen molar-refractivity contribution in [3.63, 3.8) is 0 Å². The topological polar surface area (TPSA) is 111 Å². The number of imidazole rings is 1. The summed E-state index contributed by atoms with van der Waals surface area (Å²) in [6.45, 7) is 0. The number of para-hydroxylation sites is 2. The molecule has 0 radical (unpaired) electrons. The summed E-state index contributed by atoms with van der Waals surface area (Å²) in [6.07, 6.45) is -0.432. The van der Waals surface area contributed by atoms with Crippen molar-refractivity contribution in [2.75, 3.05) is 5.32 Å². The summed E-state index contributed by atoms with van der Waals surface area (Å²) >= 11 is 0. The normalized spacial score (nSPS) is 16.9. The standard InChI is InChI=1S/C15H13N5O2/c16-14-18-13(8-5-6-11(21)12(22)7-8)20-10-4-2-1-3-9(10)17-15(20)19-14/h1-7,13H,(H5,16,17,18,19,21,22)/p+1/t13-/m1/s1. The van der Waals surface area contributed by atoms with Gasteiger partial charge in [-0.25, -0.2) is 14.9 Å². The fourth-order valence-corrected chi connectivity index (χ4v) is 2.71. The minimum atomic E-state index is -0.432. The molecular weight excluding hydrogens is 282 g/mol. The summed E-state index contributed by atoms with van der Waals surface area (Å²) in [7, 11) is 0. The number of anilines is 1. The Hall–Kier alpha value is -3.22. The van der Waals surface area contributed by atoms with E-state index in [1.807, 2.05) is 28.8 Å². The molecule has 0 unspecified atom stereocenters. The maximum absolute atomic E-state index is 9.75. The molecule has 0 saturated heterocycles. The quantitative estimate of drug-likeness (QED) is 0.343. The molecule has 0 saturated carbocycles. The number of aromatic hydroxyl groups is 2. The van der Waals surface area contributed by atoms with Crippen LogP contribution >= 0.6 is 0 Å². The van der Waals surface area contributed by atoms with Gasteiger partial charge in [0.15, 0.2) is 11.5 Å². The Labute approximate surface area is 125 Å². The summed E-state index contributed by atoms with van der Waals surface area (Å²) in [6, 6.07) is 12.5. The highest BCUT2D eigenvalue weighted by Gasteiger charge is 2.31. The second-order valence-electron chi connectivity index (χ2n) is 5.12. The number of nitrogens with zero attached hydrogens (tertiary/aromatic N) is 2. The van der Waals surface area contributed by atoms with Crippen LogP contribution in [0.5, 0.6) is 11.5 Å². The highest BCUT2D eigenvalue weighted by Crippen LogP contribution is 2.30. The molecule has 0 bridgehead atoms. The van der Waals surface area contributed by atoms with Crippen molar-refractivity contribution in [2.45, 2.75) is 6.17 Å². The van der Waals surface area contributed by atoms with Crippen LogP contribution in [0.4, 0.5) is 5.95 Å². The van der Waals surface area contributed by atoms with Crippen molar-refractivity contribution in [3.8, 4) is 11.5 Å². The SMILES string of the molecule is NC1=N[C@@H](c2ccc(O)c(O)c2)[n+]2c([nH]c3ccccc32)N1. The Morgan fingerprint density at radius 3 is 2.73 bits per heavy atom. The molecule has 1 aliphatic heterocycles. The Morgan fingerprint density at radius 1 is 1.09 bits per heavy atom. The third-order valence-electron chi connectivity index (χ3n) is 3.71. The third kappa shape index (κ3) is 1.76. The van der Waals surface area contributed by atoms with Crippen molar-refractivity contribution >= 4 is 22.9 Å². The van der Waals surface area contributed by atoms with Crippen molar-refractivity contribution in [1.82, 2.24) is 4.98 Å². The molecule has 3 aromatic rings. The number of fused-ring (bicyclic) bond motifs is 3. The van der Waals surface area contributed by atoms with E-state index in [2.05, 4.69) is 15.3 Å². The number of benzene rings is 2. The summed E-state index contributed by atoms with van der Waals surface area (Å²) < 4.78 is 1.96. The minimum absolute atomic E-state index is 0.168. The van der Waals surface area contributed by atoms with Gasteiger partial charge in [-0.05, 0) is 30.3 Å². The molecule has 7 nitrogen and oxygen atoms in total. The third-order valence-corrected chi connectivity index (χ3v) is 3.71. The van der Waals surface area contributed by atoms with Gasteiger partial charge in [0.1, 0.15) is 11.0 Å². The van der Waals surface area contributed by atoms with Gasteiger partial charge in [0, 0.05) is 5.56 Å². The molecule has 0 aliphatic carbocycles. The molecule has 1 aliphatic rings. The molecular formula is C15H14N5O2+. The number of nitrogens with two attached hydrogens (primary N) is 1. The van der Waals surface area contributed by atoms with Gasteiger partial charge in [-0.3, -0.25) is 0 Å². The Balaban J connectivity index is 1.96. The van der Waals surface area contributed by atoms with Crippen LogP contribution < -0.4 is 15.6 Å². The van der Waals surface area contributed by atoms with Gasteiger partial charge in [0.25, 0.3) is 5.96 Å². The van der Waals surface area contributed by atoms with Gasteiger partial charge in [0.2, 0.25) is 6.17 Å². The summed E-state index contributed by atoms with van der Waals surface area (Å²) in [4.78, 5) is 7.67. The van der Waals surface area contributed by atoms with E-state index < -0.39 is 6.17 Å². The predicted octanol–water partition coefficient (Wildman–Crippen LogP) is 1.15. The highest BCUT2D eigenvalue weighted by molar-refractivity contribution is 5.92. The zero-order valence-corrected chi connectivity index (χ0v) is 11.5. The first-order valence-corrected chi connectivity index (χ1v) is 6.78. The lowest BCUT2D eigenvalue weighted by molar-refractivity contribution is -0.674. The van der Waals surface area contributed by atoms with E-state index in [4.69, 9.17) is 5.73 Å². The molecule has 110 valence electrons. The maximum Gasteiger partial charge on any atom is 0.365 e. The van der Waals surface area contributed by atoms with Crippen LogP contribution in [-0.2, 0) is 0 Å². The fourth-order valence-electron chi connectivity index (χ4n) is 2.71. The zero-order chi connectivity index (χ0) is 15.3. The highest BCUT2D eigenvalue weighted by atomic mass is 16.3. The average molecular weight is 296 g/mol. The van der Waals surface area contributed by atoms with Crippen LogP contribution in [0.25, 0.3) is 11.0 Å². The van der Waals surface area contributed by atoms with E-state index in [0.717, 1.165) is 16.6 Å². The lowest BCUT2D eigenvalue weighted by Gasteiger charge is -2.18. The van der Waals surface area contributed by atoms with E-state index in [9.17, 15) is 10.2 Å². The molecule has 7 heteroatoms. The number of hydrogen-bond donors (Lipinski definition) is 5. The second kappa shape index (κ2) is 4.39. The average Bonchev–Trinajstić information content (AvgIpc) is 2.87. The molecule has 0 amide bonds. The fraction of sp³-hybridized carbons (Fsp3) is 0.0667. The Morgan fingerprint density at radius 2 is 1.91 bits per heavy atom. The van der Waals surface area contributed by atoms with Crippen LogP contribution in [0.15, 0.2) is 47.5 Å². The van der Waals surface area contributed by atoms with Crippen LogP contribution in [0, 0.1) is 0 Å². The minimum Gasteiger partial charge on any atom is -0.504 e. The monoisotopic (exact) mass is 296 g/mol. The van der Waals surface area contributed by atoms with Crippen LogP contribution in [0.3, 0.4) is 0 Å². The van der Waals surface area contributed by atoms with Crippen molar-refractivity contribution in [1.29, 1.82) is 0 Å². The first kappa shape index (κ1) is 12.5. The number of aliphatic imine (C=N–C) groups is 1. The van der Waals surface area contributed by atoms with E-state index in [1.165, 1.54) is 12.1 Å². The van der Waals surface area contributed by atoms with E-state index in [1.54, 1.807) is 6.07 Å². The number of guanidine groups is 1. The maximum atomic E-state index is 9.75. The number of nitrogens with one attached hydrogen (secondary N) is 2. The first-order chi connectivity index (χ1) is 10.6.